The molecule has 2 aromatic heterocycles. The second-order valence-corrected chi connectivity index (χ2v) is 6.89. The number of nitrogens with one attached hydrogen (secondary N) is 2. The first-order valence-corrected chi connectivity index (χ1v) is 8.79. The average Bonchev–Trinajstić information content (AvgIpc) is 3.02. The minimum absolute atomic E-state index is 0.877. The van der Waals surface area contributed by atoms with Gasteiger partial charge in [-0.1, -0.05) is 6.42 Å². The maximum absolute atomic E-state index is 4.73. The summed E-state index contributed by atoms with van der Waals surface area (Å²) in [7, 11) is 2.16. The fraction of sp³-hybridized carbons (Fsp3) is 0.647. The SMILES string of the molecule is CN(Cc1cc2n(n1)CCNC2)Cc1n[nH]c2c1CCCCC2. The normalized spacial score (nSPS) is 17.8. The molecule has 1 aliphatic carbocycles. The lowest BCUT2D eigenvalue weighted by molar-refractivity contribution is 0.308. The number of hydrogen-bond donors (Lipinski definition) is 2. The van der Waals surface area contributed by atoms with Crippen LogP contribution in [-0.2, 0) is 39.0 Å². The van der Waals surface area contributed by atoms with Crippen LogP contribution in [0, 0.1) is 0 Å². The van der Waals surface area contributed by atoms with E-state index in [-0.39, 0.29) is 0 Å². The maximum atomic E-state index is 4.73. The van der Waals surface area contributed by atoms with Crippen molar-refractivity contribution in [3.05, 3.63) is 34.4 Å². The largest absolute Gasteiger partial charge is 0.309 e. The topological polar surface area (TPSA) is 61.8 Å². The first kappa shape index (κ1) is 14.9. The van der Waals surface area contributed by atoms with Gasteiger partial charge in [-0.15, -0.1) is 0 Å². The first-order valence-electron chi connectivity index (χ1n) is 8.79. The molecule has 2 aromatic rings. The van der Waals surface area contributed by atoms with Gasteiger partial charge in [0, 0.05) is 31.9 Å². The molecule has 0 bridgehead atoms. The van der Waals surface area contributed by atoms with E-state index in [2.05, 4.69) is 38.2 Å². The Morgan fingerprint density at radius 1 is 1.22 bits per heavy atom. The Labute approximate surface area is 137 Å². The molecule has 0 spiro atoms. The molecule has 1 aliphatic heterocycles. The monoisotopic (exact) mass is 314 g/mol. The summed E-state index contributed by atoms with van der Waals surface area (Å²) in [5.74, 6) is 0. The highest BCUT2D eigenvalue weighted by molar-refractivity contribution is 5.26. The van der Waals surface area contributed by atoms with Crippen molar-refractivity contribution >= 4 is 0 Å². The van der Waals surface area contributed by atoms with Gasteiger partial charge in [0.25, 0.3) is 0 Å². The maximum Gasteiger partial charge on any atom is 0.0797 e. The molecule has 3 heterocycles. The molecule has 2 aliphatic rings. The summed E-state index contributed by atoms with van der Waals surface area (Å²) < 4.78 is 2.14. The number of aromatic nitrogens is 4. The van der Waals surface area contributed by atoms with E-state index in [9.17, 15) is 0 Å². The van der Waals surface area contributed by atoms with E-state index in [4.69, 9.17) is 5.10 Å². The Bertz CT molecular complexity index is 647. The summed E-state index contributed by atoms with van der Waals surface area (Å²) in [4.78, 5) is 2.32. The molecule has 6 nitrogen and oxygen atoms in total. The van der Waals surface area contributed by atoms with Crippen LogP contribution >= 0.6 is 0 Å². The van der Waals surface area contributed by atoms with Crippen molar-refractivity contribution in [2.45, 2.75) is 58.3 Å². The van der Waals surface area contributed by atoms with Gasteiger partial charge in [-0.3, -0.25) is 14.7 Å². The van der Waals surface area contributed by atoms with E-state index < -0.39 is 0 Å². The highest BCUT2D eigenvalue weighted by atomic mass is 15.3. The summed E-state index contributed by atoms with van der Waals surface area (Å²) in [5.41, 5.74) is 6.54. The summed E-state index contributed by atoms with van der Waals surface area (Å²) in [6.45, 7) is 4.70. The van der Waals surface area contributed by atoms with Crippen LogP contribution in [0.1, 0.15) is 47.6 Å². The molecule has 0 aromatic carbocycles. The van der Waals surface area contributed by atoms with Gasteiger partial charge in [0.1, 0.15) is 0 Å². The molecule has 0 fully saturated rings. The predicted octanol–water partition coefficient (Wildman–Crippen LogP) is 1.61. The Balaban J connectivity index is 1.43. The number of rotatable bonds is 4. The molecule has 124 valence electrons. The number of hydrogen-bond acceptors (Lipinski definition) is 4. The third-order valence-electron chi connectivity index (χ3n) is 4.96. The highest BCUT2D eigenvalue weighted by Crippen LogP contribution is 2.22. The zero-order valence-electron chi connectivity index (χ0n) is 13.9. The van der Waals surface area contributed by atoms with E-state index in [1.54, 1.807) is 0 Å². The van der Waals surface area contributed by atoms with Crippen molar-refractivity contribution in [1.82, 2.24) is 30.2 Å². The molecule has 0 saturated carbocycles. The molecule has 0 atom stereocenters. The molecule has 2 N–H and O–H groups in total. The quantitative estimate of drug-likeness (QED) is 0.842. The molecule has 23 heavy (non-hydrogen) atoms. The van der Waals surface area contributed by atoms with Crippen LogP contribution in [0.4, 0.5) is 0 Å². The van der Waals surface area contributed by atoms with Gasteiger partial charge in [0.2, 0.25) is 0 Å². The van der Waals surface area contributed by atoms with Crippen molar-refractivity contribution in [2.24, 2.45) is 0 Å². The summed E-state index contributed by atoms with van der Waals surface area (Å²) >= 11 is 0. The molecule has 0 radical (unpaired) electrons. The van der Waals surface area contributed by atoms with Crippen molar-refractivity contribution in [3.8, 4) is 0 Å². The highest BCUT2D eigenvalue weighted by Gasteiger charge is 2.18. The number of H-pyrrole nitrogens is 1. The number of nitrogens with zero attached hydrogens (tertiary/aromatic N) is 4. The van der Waals surface area contributed by atoms with Gasteiger partial charge < -0.3 is 5.32 Å². The lowest BCUT2D eigenvalue weighted by Crippen LogP contribution is -2.28. The van der Waals surface area contributed by atoms with Crippen molar-refractivity contribution in [2.75, 3.05) is 13.6 Å². The molecule has 6 heteroatoms. The minimum Gasteiger partial charge on any atom is -0.309 e. The van der Waals surface area contributed by atoms with Crippen LogP contribution in [0.15, 0.2) is 6.07 Å². The third kappa shape index (κ3) is 3.19. The number of aromatic amines is 1. The number of aryl methyl sites for hydroxylation is 1. The van der Waals surface area contributed by atoms with E-state index in [0.717, 1.165) is 44.8 Å². The predicted molar refractivity (Wildman–Crippen MR) is 89.0 cm³/mol. The summed E-state index contributed by atoms with van der Waals surface area (Å²) in [5, 5.41) is 16.0. The van der Waals surface area contributed by atoms with Gasteiger partial charge >= 0.3 is 0 Å². The average molecular weight is 314 g/mol. The van der Waals surface area contributed by atoms with Gasteiger partial charge in [0.05, 0.1) is 23.6 Å². The lowest BCUT2D eigenvalue weighted by Gasteiger charge is -2.15. The summed E-state index contributed by atoms with van der Waals surface area (Å²) in [6.07, 6.45) is 6.26. The van der Waals surface area contributed by atoms with E-state index in [1.165, 1.54) is 48.3 Å². The fourth-order valence-electron chi connectivity index (χ4n) is 3.77. The van der Waals surface area contributed by atoms with E-state index >= 15 is 0 Å². The zero-order chi connectivity index (χ0) is 15.6. The van der Waals surface area contributed by atoms with Gasteiger partial charge in [-0.2, -0.15) is 10.2 Å². The van der Waals surface area contributed by atoms with Crippen LogP contribution in [0.2, 0.25) is 0 Å². The smallest absolute Gasteiger partial charge is 0.0797 e. The Kier molecular flexibility index (Phi) is 4.18. The van der Waals surface area contributed by atoms with Crippen LogP contribution in [0.25, 0.3) is 0 Å². The molecule has 0 saturated heterocycles. The van der Waals surface area contributed by atoms with Crippen LogP contribution in [0.5, 0.6) is 0 Å². The zero-order valence-corrected chi connectivity index (χ0v) is 13.9. The number of fused-ring (bicyclic) bond motifs is 2. The first-order chi connectivity index (χ1) is 11.3. The Morgan fingerprint density at radius 3 is 3.04 bits per heavy atom. The van der Waals surface area contributed by atoms with E-state index in [0.29, 0.717) is 0 Å². The second kappa shape index (κ2) is 6.45. The molecule has 0 amide bonds. The molecule has 4 rings (SSSR count). The van der Waals surface area contributed by atoms with Crippen LogP contribution < -0.4 is 5.32 Å². The molecular weight excluding hydrogens is 288 g/mol. The van der Waals surface area contributed by atoms with Gasteiger partial charge in [0.15, 0.2) is 0 Å². The van der Waals surface area contributed by atoms with Gasteiger partial charge in [-0.25, -0.2) is 0 Å². The van der Waals surface area contributed by atoms with Crippen LogP contribution in [-0.4, -0.2) is 38.5 Å². The standard InChI is InChI=1S/C17H26N6/c1-22(11-13-9-14-10-18-7-8-23(14)21-13)12-17-15-5-3-2-4-6-16(15)19-20-17/h9,18H,2-8,10-12H2,1H3,(H,19,20). The van der Waals surface area contributed by atoms with Crippen molar-refractivity contribution in [1.29, 1.82) is 0 Å². The molecule has 0 unspecified atom stereocenters. The van der Waals surface area contributed by atoms with Crippen molar-refractivity contribution in [3.63, 3.8) is 0 Å². The minimum atomic E-state index is 0.877. The second-order valence-electron chi connectivity index (χ2n) is 6.89. The van der Waals surface area contributed by atoms with Crippen LogP contribution in [0.3, 0.4) is 0 Å². The molecular formula is C17H26N6. The Hall–Kier alpha value is -1.66. The summed E-state index contributed by atoms with van der Waals surface area (Å²) in [6, 6.07) is 2.23. The third-order valence-corrected chi connectivity index (χ3v) is 4.96. The van der Waals surface area contributed by atoms with Gasteiger partial charge in [-0.05, 0) is 44.4 Å². The fourth-order valence-corrected chi connectivity index (χ4v) is 3.77. The van der Waals surface area contributed by atoms with Crippen molar-refractivity contribution < 1.29 is 0 Å². The Morgan fingerprint density at radius 2 is 2.13 bits per heavy atom. The van der Waals surface area contributed by atoms with E-state index in [1.807, 2.05) is 0 Å². The lowest BCUT2D eigenvalue weighted by atomic mass is 10.1.